The molecule has 0 atom stereocenters. The van der Waals surface area contributed by atoms with Crippen LogP contribution in [0, 0.1) is 0 Å². The molecule has 1 aromatic rings. The van der Waals surface area contributed by atoms with E-state index in [1.165, 1.54) is 25.0 Å². The maximum Gasteiger partial charge on any atom is 0.243 e. The molecule has 7 heteroatoms. The maximum atomic E-state index is 12.7. The molecule has 122 valence electrons. The second kappa shape index (κ2) is 6.65. The Kier molecular flexibility index (Phi) is 5.00. The van der Waals surface area contributed by atoms with Crippen molar-refractivity contribution in [1.29, 1.82) is 0 Å². The highest BCUT2D eigenvalue weighted by Gasteiger charge is 2.32. The van der Waals surface area contributed by atoms with Gasteiger partial charge in [0.1, 0.15) is 0 Å². The minimum absolute atomic E-state index is 0.185. The Morgan fingerprint density at radius 2 is 1.45 bits per heavy atom. The van der Waals surface area contributed by atoms with E-state index in [9.17, 15) is 8.42 Å². The van der Waals surface area contributed by atoms with E-state index >= 15 is 0 Å². The second-order valence-electron chi connectivity index (χ2n) is 5.98. The van der Waals surface area contributed by atoms with Crippen molar-refractivity contribution in [3.05, 3.63) is 28.2 Å². The second-order valence-corrected chi connectivity index (χ2v) is 8.79. The summed E-state index contributed by atoms with van der Waals surface area (Å²) in [6.07, 6.45) is 4.32. The fourth-order valence-corrected chi connectivity index (χ4v) is 5.58. The average Bonchev–Trinajstić information content (AvgIpc) is 3.00. The zero-order chi connectivity index (χ0) is 15.7. The molecule has 0 radical (unpaired) electrons. The van der Waals surface area contributed by atoms with Crippen molar-refractivity contribution in [3.63, 3.8) is 0 Å². The van der Waals surface area contributed by atoms with Gasteiger partial charge in [-0.15, -0.1) is 0 Å². The van der Waals surface area contributed by atoms with Gasteiger partial charge < -0.3 is 4.90 Å². The highest BCUT2D eigenvalue weighted by molar-refractivity contribution is 7.89. The molecule has 0 saturated carbocycles. The molecule has 0 spiro atoms. The Balaban J connectivity index is 1.71. The third kappa shape index (κ3) is 3.44. The van der Waals surface area contributed by atoms with Crippen LogP contribution in [0.3, 0.4) is 0 Å². The molecule has 0 aliphatic carbocycles. The molecule has 1 aromatic carbocycles. The summed E-state index contributed by atoms with van der Waals surface area (Å²) in [5.41, 5.74) is 0. The lowest BCUT2D eigenvalue weighted by Crippen LogP contribution is -2.45. The van der Waals surface area contributed by atoms with Gasteiger partial charge in [0, 0.05) is 29.2 Å². The topological polar surface area (TPSA) is 40.6 Å². The van der Waals surface area contributed by atoms with Crippen LogP contribution in [0.4, 0.5) is 0 Å². The number of piperidine rings is 1. The first kappa shape index (κ1) is 16.5. The van der Waals surface area contributed by atoms with Crippen molar-refractivity contribution in [3.8, 4) is 0 Å². The zero-order valence-corrected chi connectivity index (χ0v) is 14.7. The highest BCUT2D eigenvalue weighted by Crippen LogP contribution is 2.28. The first-order valence-electron chi connectivity index (χ1n) is 7.67. The summed E-state index contributed by atoms with van der Waals surface area (Å²) in [5, 5.41) is 0.691. The average molecular weight is 363 g/mol. The molecule has 2 aliphatic rings. The Morgan fingerprint density at radius 3 is 2.00 bits per heavy atom. The van der Waals surface area contributed by atoms with E-state index in [0.717, 1.165) is 25.9 Å². The van der Waals surface area contributed by atoms with Gasteiger partial charge in [0.15, 0.2) is 0 Å². The SMILES string of the molecule is O=S(=O)(c1cc(Cl)cc(Cl)c1)N1CCC(N2CCCC2)CC1. The van der Waals surface area contributed by atoms with Crippen molar-refractivity contribution in [2.75, 3.05) is 26.2 Å². The largest absolute Gasteiger partial charge is 0.300 e. The quantitative estimate of drug-likeness (QED) is 0.828. The van der Waals surface area contributed by atoms with Crippen LogP contribution in [-0.2, 0) is 10.0 Å². The zero-order valence-electron chi connectivity index (χ0n) is 12.3. The fourth-order valence-electron chi connectivity index (χ4n) is 3.38. The third-order valence-electron chi connectivity index (χ3n) is 4.55. The Bertz CT molecular complexity index is 617. The van der Waals surface area contributed by atoms with E-state index in [-0.39, 0.29) is 4.90 Å². The van der Waals surface area contributed by atoms with Crippen LogP contribution in [0.2, 0.25) is 10.0 Å². The summed E-state index contributed by atoms with van der Waals surface area (Å²) >= 11 is 11.9. The van der Waals surface area contributed by atoms with Crippen LogP contribution in [-0.4, -0.2) is 49.8 Å². The Hall–Kier alpha value is -0.330. The van der Waals surface area contributed by atoms with E-state index in [1.807, 2.05) is 0 Å². The molecule has 22 heavy (non-hydrogen) atoms. The molecule has 2 fully saturated rings. The van der Waals surface area contributed by atoms with E-state index in [1.54, 1.807) is 10.4 Å². The number of halogens is 2. The number of benzene rings is 1. The smallest absolute Gasteiger partial charge is 0.243 e. The van der Waals surface area contributed by atoms with Gasteiger partial charge in [-0.1, -0.05) is 23.2 Å². The molecule has 2 heterocycles. The van der Waals surface area contributed by atoms with E-state index in [0.29, 0.717) is 29.2 Å². The first-order valence-corrected chi connectivity index (χ1v) is 9.87. The lowest BCUT2D eigenvalue weighted by molar-refractivity contribution is 0.168. The van der Waals surface area contributed by atoms with Crippen LogP contribution in [0.5, 0.6) is 0 Å². The van der Waals surface area contributed by atoms with Gasteiger partial charge in [-0.05, 0) is 57.0 Å². The molecule has 0 N–H and O–H groups in total. The predicted molar refractivity (Wildman–Crippen MR) is 89.0 cm³/mol. The summed E-state index contributed by atoms with van der Waals surface area (Å²) < 4.78 is 27.0. The van der Waals surface area contributed by atoms with E-state index in [2.05, 4.69) is 4.90 Å². The van der Waals surface area contributed by atoms with Crippen molar-refractivity contribution < 1.29 is 8.42 Å². The van der Waals surface area contributed by atoms with Crippen molar-refractivity contribution >= 4 is 33.2 Å². The molecule has 0 bridgehead atoms. The minimum Gasteiger partial charge on any atom is -0.300 e. The predicted octanol–water partition coefficient (Wildman–Crippen LogP) is 3.24. The van der Waals surface area contributed by atoms with Gasteiger partial charge in [-0.3, -0.25) is 0 Å². The molecule has 2 saturated heterocycles. The van der Waals surface area contributed by atoms with Gasteiger partial charge in [0.25, 0.3) is 0 Å². The third-order valence-corrected chi connectivity index (χ3v) is 6.87. The maximum absolute atomic E-state index is 12.7. The summed E-state index contributed by atoms with van der Waals surface area (Å²) in [4.78, 5) is 2.69. The number of sulfonamides is 1. The van der Waals surface area contributed by atoms with Gasteiger partial charge >= 0.3 is 0 Å². The number of hydrogen-bond donors (Lipinski definition) is 0. The summed E-state index contributed by atoms with van der Waals surface area (Å²) in [7, 11) is -3.51. The number of rotatable bonds is 3. The molecule has 3 rings (SSSR count). The lowest BCUT2D eigenvalue weighted by Gasteiger charge is -2.36. The minimum atomic E-state index is -3.51. The molecule has 0 aromatic heterocycles. The molecule has 2 aliphatic heterocycles. The molecule has 4 nitrogen and oxygen atoms in total. The van der Waals surface area contributed by atoms with Crippen molar-refractivity contribution in [1.82, 2.24) is 9.21 Å². The van der Waals surface area contributed by atoms with Crippen LogP contribution >= 0.6 is 23.2 Å². The summed E-state index contributed by atoms with van der Waals surface area (Å²) in [6, 6.07) is 5.00. The highest BCUT2D eigenvalue weighted by atomic mass is 35.5. The molecular formula is C15H20Cl2N2O2S. The van der Waals surface area contributed by atoms with Crippen LogP contribution < -0.4 is 0 Å². The van der Waals surface area contributed by atoms with Crippen LogP contribution in [0.1, 0.15) is 25.7 Å². The van der Waals surface area contributed by atoms with Crippen molar-refractivity contribution in [2.24, 2.45) is 0 Å². The van der Waals surface area contributed by atoms with Gasteiger partial charge in [0.05, 0.1) is 4.90 Å². The number of likely N-dealkylation sites (tertiary alicyclic amines) is 1. The molecule has 0 unspecified atom stereocenters. The first-order chi connectivity index (χ1) is 10.5. The van der Waals surface area contributed by atoms with E-state index in [4.69, 9.17) is 23.2 Å². The Labute approximate surface area is 142 Å². The Morgan fingerprint density at radius 1 is 0.909 bits per heavy atom. The molecule has 0 amide bonds. The van der Waals surface area contributed by atoms with E-state index < -0.39 is 10.0 Å². The molecular weight excluding hydrogens is 343 g/mol. The van der Waals surface area contributed by atoms with Gasteiger partial charge in [-0.25, -0.2) is 8.42 Å². The van der Waals surface area contributed by atoms with Gasteiger partial charge in [-0.2, -0.15) is 4.31 Å². The van der Waals surface area contributed by atoms with Crippen LogP contribution in [0.25, 0.3) is 0 Å². The number of hydrogen-bond acceptors (Lipinski definition) is 3. The van der Waals surface area contributed by atoms with Crippen molar-refractivity contribution in [2.45, 2.75) is 36.6 Å². The standard InChI is InChI=1S/C15H20Cl2N2O2S/c16-12-9-13(17)11-15(10-12)22(20,21)19-7-3-14(4-8-19)18-5-1-2-6-18/h9-11,14H,1-8H2. The summed E-state index contributed by atoms with van der Waals surface area (Å²) in [5.74, 6) is 0. The lowest BCUT2D eigenvalue weighted by atomic mass is 10.1. The monoisotopic (exact) mass is 362 g/mol. The summed E-state index contributed by atoms with van der Waals surface area (Å²) in [6.45, 7) is 3.43. The number of nitrogens with zero attached hydrogens (tertiary/aromatic N) is 2. The normalized spacial score (nSPS) is 22.3. The fraction of sp³-hybridized carbons (Fsp3) is 0.600. The van der Waals surface area contributed by atoms with Gasteiger partial charge in [0.2, 0.25) is 10.0 Å². The van der Waals surface area contributed by atoms with Crippen LogP contribution in [0.15, 0.2) is 23.1 Å².